The van der Waals surface area contributed by atoms with Gasteiger partial charge in [0.05, 0.1) is 7.11 Å². The van der Waals surface area contributed by atoms with Gasteiger partial charge in [0.2, 0.25) is 0 Å². The van der Waals surface area contributed by atoms with Gasteiger partial charge < -0.3 is 15.4 Å². The van der Waals surface area contributed by atoms with Crippen LogP contribution < -0.4 is 15.4 Å². The highest BCUT2D eigenvalue weighted by molar-refractivity contribution is 6.07. The van der Waals surface area contributed by atoms with Crippen molar-refractivity contribution in [2.45, 2.75) is 6.92 Å². The summed E-state index contributed by atoms with van der Waals surface area (Å²) < 4.78 is 5.09. The quantitative estimate of drug-likeness (QED) is 0.613. The van der Waals surface area contributed by atoms with E-state index in [2.05, 4.69) is 10.6 Å². The Hall–Kier alpha value is -3.93. The fourth-order valence-electron chi connectivity index (χ4n) is 2.64. The Labute approximate surface area is 168 Å². The van der Waals surface area contributed by atoms with Crippen molar-refractivity contribution in [3.05, 3.63) is 89.5 Å². The number of carbonyl (C=O) groups excluding carboxylic acids is 3. The highest BCUT2D eigenvalue weighted by atomic mass is 16.5. The van der Waals surface area contributed by atoms with Gasteiger partial charge in [-0.1, -0.05) is 0 Å². The van der Waals surface area contributed by atoms with Crippen molar-refractivity contribution < 1.29 is 19.1 Å². The molecule has 3 aromatic carbocycles. The van der Waals surface area contributed by atoms with Crippen molar-refractivity contribution >= 4 is 29.0 Å². The number of nitrogens with one attached hydrogen (secondary N) is 2. The van der Waals surface area contributed by atoms with Crippen LogP contribution in [0.4, 0.5) is 11.4 Å². The first-order valence-corrected chi connectivity index (χ1v) is 8.94. The van der Waals surface area contributed by atoms with Gasteiger partial charge in [-0.2, -0.15) is 0 Å². The average molecular weight is 388 g/mol. The summed E-state index contributed by atoms with van der Waals surface area (Å²) in [5.41, 5.74) is 2.66. The zero-order valence-electron chi connectivity index (χ0n) is 16.1. The van der Waals surface area contributed by atoms with Crippen LogP contribution in [0.25, 0.3) is 0 Å². The Bertz CT molecular complexity index is 1020. The van der Waals surface area contributed by atoms with Gasteiger partial charge in [-0.25, -0.2) is 0 Å². The van der Waals surface area contributed by atoms with Gasteiger partial charge in [-0.3, -0.25) is 14.4 Å². The van der Waals surface area contributed by atoms with Gasteiger partial charge in [-0.15, -0.1) is 0 Å². The summed E-state index contributed by atoms with van der Waals surface area (Å²) in [6.07, 6.45) is 0. The highest BCUT2D eigenvalue weighted by Gasteiger charge is 2.10. The van der Waals surface area contributed by atoms with Gasteiger partial charge in [0.1, 0.15) is 5.75 Å². The minimum atomic E-state index is -0.303. The number of methoxy groups -OCH3 is 1. The van der Waals surface area contributed by atoms with Crippen molar-refractivity contribution in [2.75, 3.05) is 17.7 Å². The molecule has 2 N–H and O–H groups in total. The molecule has 0 aromatic heterocycles. The van der Waals surface area contributed by atoms with Gasteiger partial charge in [0.15, 0.2) is 5.78 Å². The van der Waals surface area contributed by atoms with E-state index in [4.69, 9.17) is 4.74 Å². The molecule has 0 aliphatic rings. The van der Waals surface area contributed by atoms with Crippen LogP contribution in [0, 0.1) is 0 Å². The summed E-state index contributed by atoms with van der Waals surface area (Å²) in [6, 6.07) is 20.0. The first-order chi connectivity index (χ1) is 14.0. The first kappa shape index (κ1) is 19.8. The van der Waals surface area contributed by atoms with Gasteiger partial charge in [0, 0.05) is 28.1 Å². The lowest BCUT2D eigenvalue weighted by atomic mass is 10.1. The maximum absolute atomic E-state index is 12.4. The Balaban J connectivity index is 1.63. The van der Waals surface area contributed by atoms with E-state index >= 15 is 0 Å². The molecule has 0 bridgehead atoms. The molecule has 0 spiro atoms. The molecule has 0 unspecified atom stereocenters. The van der Waals surface area contributed by atoms with Crippen molar-refractivity contribution in [3.63, 3.8) is 0 Å². The molecule has 2 amide bonds. The number of anilines is 2. The molecular weight excluding hydrogens is 368 g/mol. The number of benzene rings is 3. The zero-order valence-corrected chi connectivity index (χ0v) is 16.1. The predicted octanol–water partition coefficient (Wildman–Crippen LogP) is 4.40. The van der Waals surface area contributed by atoms with E-state index < -0.39 is 0 Å². The maximum Gasteiger partial charge on any atom is 0.255 e. The minimum Gasteiger partial charge on any atom is -0.497 e. The van der Waals surface area contributed by atoms with Crippen LogP contribution in [0.3, 0.4) is 0 Å². The molecule has 0 fully saturated rings. The van der Waals surface area contributed by atoms with Crippen LogP contribution in [0.5, 0.6) is 5.75 Å². The third-order valence-corrected chi connectivity index (χ3v) is 4.31. The monoisotopic (exact) mass is 388 g/mol. The molecule has 0 saturated carbocycles. The van der Waals surface area contributed by atoms with Crippen molar-refractivity contribution in [3.8, 4) is 5.75 Å². The number of carbonyl (C=O) groups is 3. The second kappa shape index (κ2) is 8.84. The third-order valence-electron chi connectivity index (χ3n) is 4.31. The molecule has 0 heterocycles. The molecule has 29 heavy (non-hydrogen) atoms. The second-order valence-electron chi connectivity index (χ2n) is 6.35. The number of rotatable bonds is 6. The number of ether oxygens (including phenoxy) is 1. The first-order valence-electron chi connectivity index (χ1n) is 8.94. The van der Waals surface area contributed by atoms with E-state index in [1.165, 1.54) is 6.92 Å². The molecule has 3 rings (SSSR count). The number of amides is 2. The molecule has 3 aromatic rings. The lowest BCUT2D eigenvalue weighted by molar-refractivity contribution is 0.101. The molecule has 0 radical (unpaired) electrons. The van der Waals surface area contributed by atoms with E-state index in [-0.39, 0.29) is 17.6 Å². The number of ketones is 1. The molecular formula is C23H20N2O4. The van der Waals surface area contributed by atoms with E-state index in [0.29, 0.717) is 33.8 Å². The molecule has 0 aliphatic carbocycles. The van der Waals surface area contributed by atoms with E-state index in [1.807, 2.05) is 0 Å². The lowest BCUT2D eigenvalue weighted by Gasteiger charge is -2.08. The summed E-state index contributed by atoms with van der Waals surface area (Å²) in [5.74, 6) is 0.0883. The zero-order chi connectivity index (χ0) is 20.8. The van der Waals surface area contributed by atoms with Crippen LogP contribution in [0.15, 0.2) is 72.8 Å². The largest absolute Gasteiger partial charge is 0.497 e. The Morgan fingerprint density at radius 2 is 1.00 bits per heavy atom. The summed E-state index contributed by atoms with van der Waals surface area (Å²) in [6.45, 7) is 1.49. The topological polar surface area (TPSA) is 84.5 Å². The number of hydrogen-bond donors (Lipinski definition) is 2. The minimum absolute atomic E-state index is 0.0358. The number of Topliss-reactive ketones (excluding diaryl/α,β-unsaturated/α-hetero) is 1. The van der Waals surface area contributed by atoms with E-state index in [0.717, 1.165) is 0 Å². The molecule has 6 heteroatoms. The maximum atomic E-state index is 12.4. The van der Waals surface area contributed by atoms with Gasteiger partial charge >= 0.3 is 0 Å². The normalized spacial score (nSPS) is 10.1. The SMILES string of the molecule is COc1ccc(NC(=O)c2ccc(C(=O)Nc3ccc(C(C)=O)cc3)cc2)cc1. The number of hydrogen-bond acceptors (Lipinski definition) is 4. The fourth-order valence-corrected chi connectivity index (χ4v) is 2.64. The Kier molecular flexibility index (Phi) is 6.04. The Morgan fingerprint density at radius 3 is 1.38 bits per heavy atom. The second-order valence-corrected chi connectivity index (χ2v) is 6.35. The lowest BCUT2D eigenvalue weighted by Crippen LogP contribution is -2.14. The van der Waals surface area contributed by atoms with Gasteiger partial charge in [0.25, 0.3) is 11.8 Å². The van der Waals surface area contributed by atoms with Crippen molar-refractivity contribution in [1.82, 2.24) is 0 Å². The highest BCUT2D eigenvalue weighted by Crippen LogP contribution is 2.17. The van der Waals surface area contributed by atoms with Crippen LogP contribution in [0.2, 0.25) is 0 Å². The van der Waals surface area contributed by atoms with E-state index in [1.54, 1.807) is 79.9 Å². The smallest absolute Gasteiger partial charge is 0.255 e. The van der Waals surface area contributed by atoms with Crippen LogP contribution >= 0.6 is 0 Å². The van der Waals surface area contributed by atoms with Crippen LogP contribution in [-0.4, -0.2) is 24.7 Å². The van der Waals surface area contributed by atoms with Gasteiger partial charge in [-0.05, 0) is 79.7 Å². The third kappa shape index (κ3) is 5.07. The van der Waals surface area contributed by atoms with Crippen molar-refractivity contribution in [1.29, 1.82) is 0 Å². The molecule has 6 nitrogen and oxygen atoms in total. The fraction of sp³-hybridized carbons (Fsp3) is 0.0870. The summed E-state index contributed by atoms with van der Waals surface area (Å²) in [4.78, 5) is 36.0. The van der Waals surface area contributed by atoms with Crippen molar-refractivity contribution in [2.24, 2.45) is 0 Å². The summed E-state index contributed by atoms with van der Waals surface area (Å²) in [5, 5.41) is 5.55. The molecule has 0 aliphatic heterocycles. The molecule has 146 valence electrons. The predicted molar refractivity (Wildman–Crippen MR) is 112 cm³/mol. The standard InChI is InChI=1S/C23H20N2O4/c1-15(26)16-7-9-19(10-8-16)24-22(27)17-3-5-18(6-4-17)23(28)25-20-11-13-21(29-2)14-12-20/h3-14H,1-2H3,(H,24,27)(H,25,28). The Morgan fingerprint density at radius 1 is 0.621 bits per heavy atom. The summed E-state index contributed by atoms with van der Waals surface area (Å²) >= 11 is 0. The molecule has 0 saturated heterocycles. The average Bonchev–Trinajstić information content (AvgIpc) is 2.74. The van der Waals surface area contributed by atoms with Crippen LogP contribution in [-0.2, 0) is 0 Å². The molecule has 0 atom stereocenters. The summed E-state index contributed by atoms with van der Waals surface area (Å²) in [7, 11) is 1.58. The van der Waals surface area contributed by atoms with E-state index in [9.17, 15) is 14.4 Å². The van der Waals surface area contributed by atoms with Crippen LogP contribution in [0.1, 0.15) is 38.0 Å².